The molecule has 0 bridgehead atoms. The Morgan fingerprint density at radius 2 is 1.74 bits per heavy atom. The molecule has 31 heavy (non-hydrogen) atoms. The van der Waals surface area contributed by atoms with Gasteiger partial charge in [-0.05, 0) is 24.3 Å². The highest BCUT2D eigenvalue weighted by molar-refractivity contribution is 7.93. The molecule has 12 heteroatoms. The van der Waals surface area contributed by atoms with Crippen LogP contribution < -0.4 is 10.6 Å². The molecule has 0 aliphatic heterocycles. The summed E-state index contributed by atoms with van der Waals surface area (Å²) in [6.07, 6.45) is 1.08. The van der Waals surface area contributed by atoms with Crippen LogP contribution in [0.4, 0.5) is 10.8 Å². The highest BCUT2D eigenvalue weighted by atomic mass is 32.2. The van der Waals surface area contributed by atoms with E-state index in [-0.39, 0.29) is 38.8 Å². The predicted molar refractivity (Wildman–Crippen MR) is 113 cm³/mol. The number of nitro groups is 1. The Morgan fingerprint density at radius 3 is 2.39 bits per heavy atom. The largest absolute Gasteiger partial charge is 0.352 e. The number of carbonyl (C=O) groups excluding carboxylic acids is 2. The molecule has 0 aliphatic rings. The smallest absolute Gasteiger partial charge is 0.269 e. The van der Waals surface area contributed by atoms with Gasteiger partial charge in [0, 0.05) is 30.7 Å². The maximum absolute atomic E-state index is 12.6. The molecule has 0 unspecified atom stereocenters. The zero-order chi connectivity index (χ0) is 22.4. The number of rotatable bonds is 8. The number of anilines is 1. The summed E-state index contributed by atoms with van der Waals surface area (Å²) < 4.78 is 25.2. The highest BCUT2D eigenvalue weighted by Gasteiger charge is 2.22. The van der Waals surface area contributed by atoms with E-state index in [4.69, 9.17) is 0 Å². The Morgan fingerprint density at radius 1 is 1.06 bits per heavy atom. The van der Waals surface area contributed by atoms with Crippen LogP contribution >= 0.6 is 11.3 Å². The lowest BCUT2D eigenvalue weighted by Gasteiger charge is -2.05. The third-order valence-corrected chi connectivity index (χ3v) is 7.17. The molecule has 0 aliphatic carbocycles. The molecule has 1 heterocycles. The number of nitrogens with one attached hydrogen (secondary N) is 2. The molecule has 10 nitrogen and oxygen atoms in total. The fraction of sp³-hybridized carbons (Fsp3) is 0.105. The van der Waals surface area contributed by atoms with Crippen molar-refractivity contribution < 1.29 is 22.9 Å². The van der Waals surface area contributed by atoms with E-state index in [1.807, 2.05) is 0 Å². The molecule has 0 fully saturated rings. The molecule has 2 N–H and O–H groups in total. The second kappa shape index (κ2) is 9.45. The van der Waals surface area contributed by atoms with E-state index >= 15 is 0 Å². The van der Waals surface area contributed by atoms with Crippen molar-refractivity contribution in [3.63, 3.8) is 0 Å². The molecule has 0 radical (unpaired) electrons. The van der Waals surface area contributed by atoms with E-state index in [9.17, 15) is 28.1 Å². The van der Waals surface area contributed by atoms with Gasteiger partial charge in [-0.2, -0.15) is 0 Å². The van der Waals surface area contributed by atoms with Gasteiger partial charge in [-0.25, -0.2) is 13.4 Å². The van der Waals surface area contributed by atoms with Crippen LogP contribution in [0.15, 0.2) is 69.9 Å². The second-order valence-corrected chi connectivity index (χ2v) is 9.37. The zero-order valence-corrected chi connectivity index (χ0v) is 17.5. The minimum absolute atomic E-state index is 0.0252. The van der Waals surface area contributed by atoms with Crippen molar-refractivity contribution >= 4 is 43.8 Å². The van der Waals surface area contributed by atoms with E-state index in [2.05, 4.69) is 15.6 Å². The maximum Gasteiger partial charge on any atom is 0.269 e. The highest BCUT2D eigenvalue weighted by Crippen LogP contribution is 2.29. The van der Waals surface area contributed by atoms with E-state index in [0.717, 1.165) is 41.8 Å². The SMILES string of the molecule is O=C(CCNC(=O)c1ccccc1)Nc1ncc(S(=O)(=O)c2ccc([N+](=O)[O-])cc2)s1. The molecule has 160 valence electrons. The lowest BCUT2D eigenvalue weighted by atomic mass is 10.2. The second-order valence-electron chi connectivity index (χ2n) is 6.16. The van der Waals surface area contributed by atoms with E-state index < -0.39 is 20.7 Å². The molecule has 2 aromatic carbocycles. The summed E-state index contributed by atoms with van der Waals surface area (Å²) in [7, 11) is -3.93. The molecule has 2 amide bonds. The van der Waals surface area contributed by atoms with Crippen LogP contribution in [0.1, 0.15) is 16.8 Å². The summed E-state index contributed by atoms with van der Waals surface area (Å²) in [6, 6.07) is 13.0. The molecule has 0 spiro atoms. The number of nitrogens with zero attached hydrogens (tertiary/aromatic N) is 2. The Balaban J connectivity index is 1.57. The molecular weight excluding hydrogens is 444 g/mol. The quantitative estimate of drug-likeness (QED) is 0.388. The summed E-state index contributed by atoms with van der Waals surface area (Å²) in [5.74, 6) is -0.749. The number of non-ortho nitro benzene ring substituents is 1. The summed E-state index contributed by atoms with van der Waals surface area (Å²) in [4.78, 5) is 37.8. The molecular formula is C19H16N4O6S2. The Kier molecular flexibility index (Phi) is 6.72. The van der Waals surface area contributed by atoms with Gasteiger partial charge < -0.3 is 10.6 Å². The average molecular weight is 460 g/mol. The lowest BCUT2D eigenvalue weighted by molar-refractivity contribution is -0.384. The minimum Gasteiger partial charge on any atom is -0.352 e. The van der Waals surface area contributed by atoms with E-state index in [0.29, 0.717) is 5.56 Å². The van der Waals surface area contributed by atoms with Crippen molar-refractivity contribution in [2.75, 3.05) is 11.9 Å². The van der Waals surface area contributed by atoms with Crippen LogP contribution in [0.2, 0.25) is 0 Å². The third-order valence-electron chi connectivity index (χ3n) is 4.03. The van der Waals surface area contributed by atoms with Gasteiger partial charge in [0.2, 0.25) is 15.7 Å². The van der Waals surface area contributed by atoms with Gasteiger partial charge in [0.05, 0.1) is 16.0 Å². The van der Waals surface area contributed by atoms with Crippen LogP contribution in [-0.2, 0) is 14.6 Å². The number of nitro benzene ring substituents is 1. The minimum atomic E-state index is -3.93. The summed E-state index contributed by atoms with van der Waals surface area (Å²) >= 11 is 0.758. The fourth-order valence-corrected chi connectivity index (χ4v) is 4.92. The Bertz CT molecular complexity index is 1210. The topological polar surface area (TPSA) is 148 Å². The first-order chi connectivity index (χ1) is 14.8. The van der Waals surface area contributed by atoms with Crippen LogP contribution in [-0.4, -0.2) is 36.7 Å². The number of carbonyl (C=O) groups is 2. The van der Waals surface area contributed by atoms with Gasteiger partial charge in [-0.3, -0.25) is 19.7 Å². The van der Waals surface area contributed by atoms with Crippen LogP contribution in [0.5, 0.6) is 0 Å². The van der Waals surface area contributed by atoms with Crippen molar-refractivity contribution in [2.24, 2.45) is 0 Å². The Hall–Kier alpha value is -3.64. The predicted octanol–water partition coefficient (Wildman–Crippen LogP) is 2.64. The van der Waals surface area contributed by atoms with Crippen LogP contribution in [0.3, 0.4) is 0 Å². The van der Waals surface area contributed by atoms with Gasteiger partial charge >= 0.3 is 0 Å². The van der Waals surface area contributed by atoms with Gasteiger partial charge in [0.1, 0.15) is 4.21 Å². The van der Waals surface area contributed by atoms with Gasteiger partial charge in [0.15, 0.2) is 5.13 Å². The number of amides is 2. The molecule has 0 saturated carbocycles. The first-order valence-electron chi connectivity index (χ1n) is 8.86. The summed E-state index contributed by atoms with van der Waals surface area (Å²) in [5.41, 5.74) is 0.250. The first kappa shape index (κ1) is 22.1. The van der Waals surface area contributed by atoms with Crippen molar-refractivity contribution in [3.05, 3.63) is 76.5 Å². The van der Waals surface area contributed by atoms with E-state index in [1.54, 1.807) is 30.3 Å². The molecule has 3 rings (SSSR count). The summed E-state index contributed by atoms with van der Waals surface area (Å²) in [6.45, 7) is 0.0961. The maximum atomic E-state index is 12.6. The average Bonchev–Trinajstić information content (AvgIpc) is 3.23. The fourth-order valence-electron chi connectivity index (χ4n) is 2.47. The standard InChI is InChI=1S/C19H16N4O6S2/c24-16(10-11-20-18(25)13-4-2-1-3-5-13)22-19-21-12-17(30-19)31(28,29)15-8-6-14(7-9-15)23(26)27/h1-9,12H,10-11H2,(H,20,25)(H,21,22,24). The molecule has 1 aromatic heterocycles. The number of sulfone groups is 1. The van der Waals surface area contributed by atoms with Crippen molar-refractivity contribution in [3.8, 4) is 0 Å². The molecule has 3 aromatic rings. The number of hydrogen-bond acceptors (Lipinski definition) is 8. The van der Waals surface area contributed by atoms with Gasteiger partial charge in [-0.15, -0.1) is 0 Å². The van der Waals surface area contributed by atoms with Gasteiger partial charge in [0.25, 0.3) is 11.6 Å². The Labute approximate surface area is 181 Å². The van der Waals surface area contributed by atoms with Crippen molar-refractivity contribution in [1.82, 2.24) is 10.3 Å². The third kappa shape index (κ3) is 5.49. The number of aromatic nitrogens is 1. The molecule has 0 saturated heterocycles. The van der Waals surface area contributed by atoms with Gasteiger partial charge in [-0.1, -0.05) is 29.5 Å². The summed E-state index contributed by atoms with van der Waals surface area (Å²) in [5, 5.41) is 15.9. The number of hydrogen-bond donors (Lipinski definition) is 2. The van der Waals surface area contributed by atoms with Crippen LogP contribution in [0.25, 0.3) is 0 Å². The zero-order valence-electron chi connectivity index (χ0n) is 15.8. The molecule has 0 atom stereocenters. The lowest BCUT2D eigenvalue weighted by Crippen LogP contribution is -2.27. The number of thiazole rings is 1. The van der Waals surface area contributed by atoms with Crippen molar-refractivity contribution in [1.29, 1.82) is 0 Å². The first-order valence-corrected chi connectivity index (χ1v) is 11.2. The van der Waals surface area contributed by atoms with E-state index in [1.165, 1.54) is 0 Å². The normalized spacial score (nSPS) is 11.0. The monoisotopic (exact) mass is 460 g/mol. The van der Waals surface area contributed by atoms with Crippen LogP contribution in [0, 0.1) is 10.1 Å². The van der Waals surface area contributed by atoms with Crippen molar-refractivity contribution in [2.45, 2.75) is 15.5 Å². The number of benzene rings is 2.